The molecule has 0 radical (unpaired) electrons. The number of rotatable bonds is 8. The molecule has 4 aromatic rings. The van der Waals surface area contributed by atoms with Crippen LogP contribution in [0.2, 0.25) is 0 Å². The third kappa shape index (κ3) is 4.90. The summed E-state index contributed by atoms with van der Waals surface area (Å²) in [7, 11) is 1.63. The zero-order chi connectivity index (χ0) is 23.2. The van der Waals surface area contributed by atoms with Gasteiger partial charge in [0, 0.05) is 43.0 Å². The van der Waals surface area contributed by atoms with Crippen LogP contribution in [0.15, 0.2) is 55.1 Å². The van der Waals surface area contributed by atoms with Crippen LogP contribution in [0.1, 0.15) is 28.5 Å². The lowest BCUT2D eigenvalue weighted by atomic mass is 10.0. The molecule has 0 saturated carbocycles. The van der Waals surface area contributed by atoms with Gasteiger partial charge in [0.2, 0.25) is 0 Å². The molecule has 1 amide bonds. The summed E-state index contributed by atoms with van der Waals surface area (Å²) in [6.07, 6.45) is 5.72. The summed E-state index contributed by atoms with van der Waals surface area (Å²) in [6.45, 7) is 5.10. The van der Waals surface area contributed by atoms with E-state index in [4.69, 9.17) is 4.74 Å². The van der Waals surface area contributed by atoms with E-state index in [-0.39, 0.29) is 5.91 Å². The summed E-state index contributed by atoms with van der Waals surface area (Å²) < 4.78 is 5.66. The van der Waals surface area contributed by atoms with Gasteiger partial charge in [0.05, 0.1) is 29.1 Å². The molecule has 8 heteroatoms. The van der Waals surface area contributed by atoms with Crippen molar-refractivity contribution in [2.24, 2.45) is 0 Å². The van der Waals surface area contributed by atoms with Gasteiger partial charge < -0.3 is 15.4 Å². The lowest BCUT2D eigenvalue weighted by Crippen LogP contribution is -2.18. The Kier molecular flexibility index (Phi) is 6.73. The number of hydrogen-bond donors (Lipinski definition) is 2. The van der Waals surface area contributed by atoms with Gasteiger partial charge in [0.15, 0.2) is 0 Å². The molecule has 0 aliphatic rings. The highest BCUT2D eigenvalue weighted by Crippen LogP contribution is 2.25. The molecule has 2 N–H and O–H groups in total. The largest absolute Gasteiger partial charge is 0.492 e. The average Bonchev–Trinajstić information content (AvgIpc) is 2.85. The Morgan fingerprint density at radius 1 is 1.09 bits per heavy atom. The lowest BCUT2D eigenvalue weighted by molar-refractivity contribution is 0.0964. The number of ether oxygens (including phenoxy) is 1. The van der Waals surface area contributed by atoms with Crippen molar-refractivity contribution < 1.29 is 9.53 Å². The zero-order valence-electron chi connectivity index (χ0n) is 18.9. The van der Waals surface area contributed by atoms with E-state index in [1.54, 1.807) is 25.5 Å². The molecule has 1 aromatic carbocycles. The number of carbonyl (C=O) groups is 1. The lowest BCUT2D eigenvalue weighted by Gasteiger charge is -2.11. The molecule has 0 unspecified atom stereocenters. The van der Waals surface area contributed by atoms with E-state index in [1.165, 1.54) is 6.33 Å². The van der Waals surface area contributed by atoms with Crippen LogP contribution in [0.5, 0.6) is 5.75 Å². The number of aryl methyl sites for hydroxylation is 1. The van der Waals surface area contributed by atoms with E-state index in [0.717, 1.165) is 51.4 Å². The SMILES string of the molecule is CCOc1cc(-c2cc(NCCc3cccc4c(C(=O)NC)ccnc34)ncn2)cnc1C. The number of pyridine rings is 2. The number of aromatic nitrogens is 4. The molecule has 33 heavy (non-hydrogen) atoms. The molecule has 0 aliphatic carbocycles. The fourth-order valence-corrected chi connectivity index (χ4v) is 3.66. The summed E-state index contributed by atoms with van der Waals surface area (Å²) in [4.78, 5) is 29.8. The van der Waals surface area contributed by atoms with Crippen molar-refractivity contribution in [2.75, 3.05) is 25.5 Å². The Morgan fingerprint density at radius 3 is 2.79 bits per heavy atom. The van der Waals surface area contributed by atoms with Gasteiger partial charge in [0.25, 0.3) is 5.91 Å². The minimum atomic E-state index is -0.121. The monoisotopic (exact) mass is 442 g/mol. The first-order valence-electron chi connectivity index (χ1n) is 10.8. The van der Waals surface area contributed by atoms with Crippen molar-refractivity contribution in [3.8, 4) is 17.0 Å². The quantitative estimate of drug-likeness (QED) is 0.428. The van der Waals surface area contributed by atoms with Crippen LogP contribution in [-0.2, 0) is 6.42 Å². The second-order valence-corrected chi connectivity index (χ2v) is 7.46. The molecule has 4 rings (SSSR count). The summed E-state index contributed by atoms with van der Waals surface area (Å²) in [5.41, 5.74) is 4.99. The highest BCUT2D eigenvalue weighted by molar-refractivity contribution is 6.06. The van der Waals surface area contributed by atoms with Crippen LogP contribution in [0.25, 0.3) is 22.2 Å². The normalized spacial score (nSPS) is 10.8. The second kappa shape index (κ2) is 10.0. The number of anilines is 1. The number of hydrogen-bond acceptors (Lipinski definition) is 7. The molecule has 0 saturated heterocycles. The van der Waals surface area contributed by atoms with Crippen LogP contribution in [0.3, 0.4) is 0 Å². The molecule has 0 atom stereocenters. The smallest absolute Gasteiger partial charge is 0.251 e. The fourth-order valence-electron chi connectivity index (χ4n) is 3.66. The minimum absolute atomic E-state index is 0.121. The van der Waals surface area contributed by atoms with Crippen molar-refractivity contribution in [3.63, 3.8) is 0 Å². The Balaban J connectivity index is 1.50. The number of nitrogens with zero attached hydrogens (tertiary/aromatic N) is 4. The number of amides is 1. The van der Waals surface area contributed by atoms with Crippen molar-refractivity contribution in [1.29, 1.82) is 0 Å². The molecule has 0 bridgehead atoms. The van der Waals surface area contributed by atoms with Crippen LogP contribution in [-0.4, -0.2) is 46.0 Å². The van der Waals surface area contributed by atoms with Crippen LogP contribution in [0, 0.1) is 6.92 Å². The Labute approximate surface area is 192 Å². The fraction of sp³-hybridized carbons (Fsp3) is 0.240. The van der Waals surface area contributed by atoms with Crippen molar-refractivity contribution in [3.05, 3.63) is 71.9 Å². The summed E-state index contributed by atoms with van der Waals surface area (Å²) in [5.74, 6) is 1.35. The standard InChI is InChI=1S/C25H26N6O2/c1-4-33-22-12-18(14-29-16(22)2)21-13-23(31-15-30-21)27-10-8-17-6-5-7-19-20(25(32)26-3)9-11-28-24(17)19/h5-7,9,11-15H,4,8,10H2,1-3H3,(H,26,32)(H,27,30,31). The molecular weight excluding hydrogens is 416 g/mol. The summed E-state index contributed by atoms with van der Waals surface area (Å²) >= 11 is 0. The second-order valence-electron chi connectivity index (χ2n) is 7.46. The van der Waals surface area contributed by atoms with Gasteiger partial charge in [-0.2, -0.15) is 0 Å². The van der Waals surface area contributed by atoms with Gasteiger partial charge in [-0.1, -0.05) is 18.2 Å². The Hall–Kier alpha value is -4.07. The van der Waals surface area contributed by atoms with Crippen molar-refractivity contribution in [2.45, 2.75) is 20.3 Å². The van der Waals surface area contributed by atoms with Gasteiger partial charge >= 0.3 is 0 Å². The van der Waals surface area contributed by atoms with Crippen LogP contribution >= 0.6 is 0 Å². The van der Waals surface area contributed by atoms with Gasteiger partial charge in [-0.15, -0.1) is 0 Å². The van der Waals surface area contributed by atoms with Gasteiger partial charge in [-0.05, 0) is 38.0 Å². The van der Waals surface area contributed by atoms with E-state index < -0.39 is 0 Å². The molecule has 168 valence electrons. The number of carbonyl (C=O) groups excluding carboxylic acids is 1. The molecule has 0 spiro atoms. The predicted molar refractivity (Wildman–Crippen MR) is 128 cm³/mol. The molecule has 8 nitrogen and oxygen atoms in total. The highest BCUT2D eigenvalue weighted by Gasteiger charge is 2.12. The molecule has 0 aliphatic heterocycles. The summed E-state index contributed by atoms with van der Waals surface area (Å²) in [6, 6.07) is 11.5. The molecule has 3 aromatic heterocycles. The Morgan fingerprint density at radius 2 is 1.97 bits per heavy atom. The first-order valence-corrected chi connectivity index (χ1v) is 10.8. The predicted octanol–water partition coefficient (Wildman–Crippen LogP) is 3.81. The minimum Gasteiger partial charge on any atom is -0.492 e. The first kappa shape index (κ1) is 22.1. The third-order valence-electron chi connectivity index (χ3n) is 5.33. The number of benzene rings is 1. The van der Waals surface area contributed by atoms with Gasteiger partial charge in [-0.3, -0.25) is 14.8 Å². The van der Waals surface area contributed by atoms with Gasteiger partial charge in [0.1, 0.15) is 17.9 Å². The van der Waals surface area contributed by atoms with Crippen molar-refractivity contribution in [1.82, 2.24) is 25.3 Å². The van der Waals surface area contributed by atoms with Crippen LogP contribution in [0.4, 0.5) is 5.82 Å². The Bertz CT molecular complexity index is 1290. The number of para-hydroxylation sites is 1. The number of fused-ring (bicyclic) bond motifs is 1. The average molecular weight is 443 g/mol. The van der Waals surface area contributed by atoms with E-state index in [0.29, 0.717) is 18.7 Å². The van der Waals surface area contributed by atoms with E-state index in [9.17, 15) is 4.79 Å². The third-order valence-corrected chi connectivity index (χ3v) is 5.33. The van der Waals surface area contributed by atoms with E-state index in [1.807, 2.05) is 44.2 Å². The van der Waals surface area contributed by atoms with Crippen LogP contribution < -0.4 is 15.4 Å². The first-order chi connectivity index (χ1) is 16.1. The van der Waals surface area contributed by atoms with Crippen molar-refractivity contribution >= 4 is 22.6 Å². The number of nitrogens with one attached hydrogen (secondary N) is 2. The zero-order valence-corrected chi connectivity index (χ0v) is 18.9. The highest BCUT2D eigenvalue weighted by atomic mass is 16.5. The summed E-state index contributed by atoms with van der Waals surface area (Å²) in [5, 5.41) is 6.89. The van der Waals surface area contributed by atoms with Gasteiger partial charge in [-0.25, -0.2) is 9.97 Å². The maximum atomic E-state index is 12.2. The molecular formula is C25H26N6O2. The maximum absolute atomic E-state index is 12.2. The molecule has 3 heterocycles. The molecule has 0 fully saturated rings. The maximum Gasteiger partial charge on any atom is 0.251 e. The van der Waals surface area contributed by atoms with E-state index >= 15 is 0 Å². The van der Waals surface area contributed by atoms with E-state index in [2.05, 4.69) is 30.6 Å². The topological polar surface area (TPSA) is 102 Å².